The zero-order valence-electron chi connectivity index (χ0n) is 16.7. The zero-order valence-corrected chi connectivity index (χ0v) is 16.7. The summed E-state index contributed by atoms with van der Waals surface area (Å²) < 4.78 is 5.15. The highest BCUT2D eigenvalue weighted by Crippen LogP contribution is 2.28. The maximum absolute atomic E-state index is 12.5. The molecule has 1 fully saturated rings. The van der Waals surface area contributed by atoms with Crippen molar-refractivity contribution in [1.29, 1.82) is 0 Å². The van der Waals surface area contributed by atoms with E-state index >= 15 is 0 Å². The molecule has 2 aliphatic heterocycles. The van der Waals surface area contributed by atoms with Gasteiger partial charge >= 0.3 is 5.97 Å². The lowest BCUT2D eigenvalue weighted by molar-refractivity contribution is -0.135. The summed E-state index contributed by atoms with van der Waals surface area (Å²) in [5, 5.41) is 0. The molecular formula is C23H22N2O5. The van der Waals surface area contributed by atoms with Crippen LogP contribution >= 0.6 is 0 Å². The maximum Gasteiger partial charge on any atom is 0.338 e. The average Bonchev–Trinajstić information content (AvgIpc) is 3.03. The van der Waals surface area contributed by atoms with Gasteiger partial charge in [0.25, 0.3) is 17.7 Å². The fourth-order valence-electron chi connectivity index (χ4n) is 3.73. The number of piperidine rings is 1. The minimum atomic E-state index is -0.623. The molecule has 7 nitrogen and oxygen atoms in total. The normalized spacial score (nSPS) is 16.6. The topological polar surface area (TPSA) is 84.0 Å². The van der Waals surface area contributed by atoms with Crippen LogP contribution in [0.2, 0.25) is 0 Å². The van der Waals surface area contributed by atoms with Gasteiger partial charge in [0, 0.05) is 13.1 Å². The highest BCUT2D eigenvalue weighted by molar-refractivity contribution is 6.34. The van der Waals surface area contributed by atoms with Crippen molar-refractivity contribution in [2.45, 2.75) is 19.8 Å². The highest BCUT2D eigenvalue weighted by atomic mass is 16.5. The zero-order chi connectivity index (χ0) is 21.3. The van der Waals surface area contributed by atoms with Crippen molar-refractivity contribution in [3.8, 4) is 0 Å². The van der Waals surface area contributed by atoms with E-state index in [9.17, 15) is 19.2 Å². The Morgan fingerprint density at radius 1 is 0.933 bits per heavy atom. The number of fused-ring (bicyclic) bond motifs is 1. The Morgan fingerprint density at radius 2 is 1.50 bits per heavy atom. The standard InChI is InChI=1S/C23H22N2O5/c1-15-10-12-24(13-11-15)20(26)14-30-23(29)16-6-8-17(9-7-16)25-21(27)18-4-2-3-5-19(18)22(25)28/h2-9,15H,10-14H2,1H3. The van der Waals surface area contributed by atoms with Gasteiger partial charge in [-0.25, -0.2) is 9.69 Å². The van der Waals surface area contributed by atoms with Crippen LogP contribution in [0.5, 0.6) is 0 Å². The number of likely N-dealkylation sites (tertiary alicyclic amines) is 1. The molecule has 0 atom stereocenters. The van der Waals surface area contributed by atoms with E-state index in [0.29, 0.717) is 35.8 Å². The van der Waals surface area contributed by atoms with Crippen LogP contribution in [0.1, 0.15) is 50.8 Å². The third kappa shape index (κ3) is 3.70. The van der Waals surface area contributed by atoms with Crippen LogP contribution in [0.25, 0.3) is 0 Å². The number of benzene rings is 2. The number of esters is 1. The molecule has 0 radical (unpaired) electrons. The monoisotopic (exact) mass is 406 g/mol. The predicted molar refractivity (Wildman–Crippen MR) is 109 cm³/mol. The summed E-state index contributed by atoms with van der Waals surface area (Å²) in [6, 6.07) is 12.6. The lowest BCUT2D eigenvalue weighted by Gasteiger charge is -2.30. The van der Waals surface area contributed by atoms with Gasteiger partial charge in [-0.15, -0.1) is 0 Å². The van der Waals surface area contributed by atoms with E-state index in [-0.39, 0.29) is 18.1 Å². The van der Waals surface area contributed by atoms with Crippen LogP contribution in [0, 0.1) is 5.92 Å². The number of imide groups is 1. The van der Waals surface area contributed by atoms with Crippen molar-refractivity contribution in [2.75, 3.05) is 24.6 Å². The number of nitrogens with zero attached hydrogens (tertiary/aromatic N) is 2. The minimum absolute atomic E-state index is 0.196. The number of rotatable bonds is 4. The third-order valence-corrected chi connectivity index (χ3v) is 5.62. The van der Waals surface area contributed by atoms with Crippen LogP contribution in [0.3, 0.4) is 0 Å². The molecular weight excluding hydrogens is 384 g/mol. The lowest BCUT2D eigenvalue weighted by Crippen LogP contribution is -2.40. The van der Waals surface area contributed by atoms with E-state index in [1.807, 2.05) is 0 Å². The molecule has 2 aromatic rings. The van der Waals surface area contributed by atoms with Crippen LogP contribution in [0.15, 0.2) is 48.5 Å². The summed E-state index contributed by atoms with van der Waals surface area (Å²) in [7, 11) is 0. The first-order chi connectivity index (χ1) is 14.5. The highest BCUT2D eigenvalue weighted by Gasteiger charge is 2.36. The molecule has 4 rings (SSSR count). The summed E-state index contributed by atoms with van der Waals surface area (Å²) in [5.41, 5.74) is 1.33. The molecule has 0 saturated carbocycles. The van der Waals surface area contributed by atoms with Crippen molar-refractivity contribution >= 4 is 29.4 Å². The number of hydrogen-bond acceptors (Lipinski definition) is 5. The van der Waals surface area contributed by atoms with E-state index < -0.39 is 17.8 Å². The van der Waals surface area contributed by atoms with Gasteiger partial charge in [0.15, 0.2) is 6.61 Å². The first-order valence-corrected chi connectivity index (χ1v) is 9.98. The second-order valence-electron chi connectivity index (χ2n) is 7.68. The van der Waals surface area contributed by atoms with E-state index in [1.54, 1.807) is 29.2 Å². The van der Waals surface area contributed by atoms with Gasteiger partial charge in [0.2, 0.25) is 0 Å². The van der Waals surface area contributed by atoms with Crippen LogP contribution in [-0.4, -0.2) is 48.3 Å². The molecule has 2 heterocycles. The second kappa shape index (κ2) is 8.10. The Hall–Kier alpha value is -3.48. The lowest BCUT2D eigenvalue weighted by atomic mass is 9.99. The summed E-state index contributed by atoms with van der Waals surface area (Å²) in [5.74, 6) is -1.00. The van der Waals surface area contributed by atoms with Gasteiger partial charge in [0.05, 0.1) is 22.4 Å². The molecule has 2 aliphatic rings. The molecule has 0 bridgehead atoms. The van der Waals surface area contributed by atoms with Crippen molar-refractivity contribution in [3.63, 3.8) is 0 Å². The van der Waals surface area contributed by atoms with Crippen molar-refractivity contribution in [3.05, 3.63) is 65.2 Å². The fraction of sp³-hybridized carbons (Fsp3) is 0.304. The van der Waals surface area contributed by atoms with Crippen LogP contribution in [0.4, 0.5) is 5.69 Å². The Balaban J connectivity index is 1.38. The van der Waals surface area contributed by atoms with E-state index in [1.165, 1.54) is 24.3 Å². The van der Waals surface area contributed by atoms with Gasteiger partial charge in [-0.1, -0.05) is 19.1 Å². The second-order valence-corrected chi connectivity index (χ2v) is 7.68. The number of carbonyl (C=O) groups excluding carboxylic acids is 4. The molecule has 0 unspecified atom stereocenters. The van der Waals surface area contributed by atoms with Crippen molar-refractivity contribution in [2.24, 2.45) is 5.92 Å². The van der Waals surface area contributed by atoms with Crippen molar-refractivity contribution in [1.82, 2.24) is 4.90 Å². The van der Waals surface area contributed by atoms with Gasteiger partial charge in [-0.2, -0.15) is 0 Å². The van der Waals surface area contributed by atoms with Crippen LogP contribution < -0.4 is 4.90 Å². The first kappa shape index (κ1) is 19.8. The molecule has 2 aromatic carbocycles. The predicted octanol–water partition coefficient (Wildman–Crippen LogP) is 2.90. The quantitative estimate of drug-likeness (QED) is 0.576. The Labute approximate surface area is 174 Å². The molecule has 30 heavy (non-hydrogen) atoms. The summed E-state index contributed by atoms with van der Waals surface area (Å²) >= 11 is 0. The molecule has 0 aliphatic carbocycles. The summed E-state index contributed by atoms with van der Waals surface area (Å²) in [4.78, 5) is 52.4. The molecule has 3 amide bonds. The third-order valence-electron chi connectivity index (χ3n) is 5.62. The van der Waals surface area contributed by atoms with Crippen molar-refractivity contribution < 1.29 is 23.9 Å². The SMILES string of the molecule is CC1CCN(C(=O)COC(=O)c2ccc(N3C(=O)c4ccccc4C3=O)cc2)CC1. The van der Waals surface area contributed by atoms with Gasteiger partial charge in [-0.3, -0.25) is 14.4 Å². The maximum atomic E-state index is 12.5. The number of hydrogen-bond donors (Lipinski definition) is 0. The number of carbonyl (C=O) groups is 4. The smallest absolute Gasteiger partial charge is 0.338 e. The molecule has 7 heteroatoms. The van der Waals surface area contributed by atoms with E-state index in [0.717, 1.165) is 17.7 Å². The summed E-state index contributed by atoms with van der Waals surface area (Å²) in [6.07, 6.45) is 1.91. The molecule has 0 aromatic heterocycles. The minimum Gasteiger partial charge on any atom is -0.452 e. The fourth-order valence-corrected chi connectivity index (χ4v) is 3.73. The van der Waals surface area contributed by atoms with Gasteiger partial charge in [-0.05, 0) is 55.2 Å². The Kier molecular flexibility index (Phi) is 5.35. The van der Waals surface area contributed by atoms with Gasteiger partial charge < -0.3 is 9.64 Å². The Bertz CT molecular complexity index is 972. The summed E-state index contributed by atoms with van der Waals surface area (Å²) in [6.45, 7) is 3.24. The molecule has 154 valence electrons. The number of anilines is 1. The average molecular weight is 406 g/mol. The number of ether oxygens (including phenoxy) is 1. The number of amides is 3. The van der Waals surface area contributed by atoms with E-state index in [4.69, 9.17) is 4.74 Å². The van der Waals surface area contributed by atoms with Crippen LogP contribution in [-0.2, 0) is 9.53 Å². The Morgan fingerprint density at radius 3 is 2.07 bits per heavy atom. The first-order valence-electron chi connectivity index (χ1n) is 9.98. The van der Waals surface area contributed by atoms with E-state index in [2.05, 4.69) is 6.92 Å². The molecule has 0 spiro atoms. The van der Waals surface area contributed by atoms with Gasteiger partial charge in [0.1, 0.15) is 0 Å². The molecule has 0 N–H and O–H groups in total. The molecule has 1 saturated heterocycles. The largest absolute Gasteiger partial charge is 0.452 e.